The number of anilines is 1. The number of hydrogen-bond acceptors (Lipinski definition) is 4. The van der Waals surface area contributed by atoms with Crippen LogP contribution in [0.3, 0.4) is 0 Å². The lowest BCUT2D eigenvalue weighted by Gasteiger charge is -2.25. The number of ether oxygens (including phenoxy) is 2. The van der Waals surface area contributed by atoms with Crippen molar-refractivity contribution in [3.63, 3.8) is 0 Å². The number of amides is 1. The number of carboxylic acid groups (broad SMARTS) is 1. The van der Waals surface area contributed by atoms with E-state index in [1.807, 2.05) is 24.3 Å². The zero-order valence-corrected chi connectivity index (χ0v) is 13.6. The summed E-state index contributed by atoms with van der Waals surface area (Å²) < 4.78 is 11.2. The summed E-state index contributed by atoms with van der Waals surface area (Å²) in [6.07, 6.45) is 3.22. The van der Waals surface area contributed by atoms with Gasteiger partial charge < -0.3 is 19.9 Å². The summed E-state index contributed by atoms with van der Waals surface area (Å²) in [7, 11) is 0. The molecule has 6 heteroatoms. The van der Waals surface area contributed by atoms with Crippen molar-refractivity contribution in [2.24, 2.45) is 11.8 Å². The predicted octanol–water partition coefficient (Wildman–Crippen LogP) is 2.68. The Morgan fingerprint density at radius 3 is 2.46 bits per heavy atom. The van der Waals surface area contributed by atoms with Gasteiger partial charge in [-0.05, 0) is 37.8 Å². The van der Waals surface area contributed by atoms with Crippen LogP contribution in [0.1, 0.15) is 32.1 Å². The standard InChI is InChI=1S/C18H23NO5/c20-17(12-5-7-13(8-6-12)18(21)22)19-15-3-1-2-4-16(15)24-14-9-10-23-11-14/h1-4,12-14H,5-11H2,(H,19,20)(H,21,22). The third-order valence-corrected chi connectivity index (χ3v) is 4.77. The normalized spacial score (nSPS) is 26.8. The molecule has 1 aliphatic carbocycles. The van der Waals surface area contributed by atoms with Gasteiger partial charge in [-0.15, -0.1) is 0 Å². The highest BCUT2D eigenvalue weighted by atomic mass is 16.5. The number of aliphatic carboxylic acids is 1. The molecule has 2 aliphatic rings. The fourth-order valence-corrected chi connectivity index (χ4v) is 3.30. The Labute approximate surface area is 141 Å². The van der Waals surface area contributed by atoms with Crippen molar-refractivity contribution in [1.29, 1.82) is 0 Å². The van der Waals surface area contributed by atoms with Crippen LogP contribution in [0.25, 0.3) is 0 Å². The molecule has 3 rings (SSSR count). The number of rotatable bonds is 5. The van der Waals surface area contributed by atoms with Gasteiger partial charge in [0.1, 0.15) is 11.9 Å². The molecule has 130 valence electrons. The van der Waals surface area contributed by atoms with Crippen LogP contribution in [0.5, 0.6) is 5.75 Å². The molecule has 0 aromatic heterocycles. The fraction of sp³-hybridized carbons (Fsp3) is 0.556. The van der Waals surface area contributed by atoms with E-state index >= 15 is 0 Å². The van der Waals surface area contributed by atoms with E-state index in [2.05, 4.69) is 5.32 Å². The van der Waals surface area contributed by atoms with Crippen LogP contribution in [0.4, 0.5) is 5.69 Å². The molecule has 1 heterocycles. The second-order valence-corrected chi connectivity index (χ2v) is 6.48. The number of carbonyl (C=O) groups excluding carboxylic acids is 1. The van der Waals surface area contributed by atoms with E-state index in [0.29, 0.717) is 50.3 Å². The van der Waals surface area contributed by atoms with Crippen LogP contribution >= 0.6 is 0 Å². The van der Waals surface area contributed by atoms with Gasteiger partial charge in [-0.1, -0.05) is 12.1 Å². The van der Waals surface area contributed by atoms with Crippen LogP contribution in [0, 0.1) is 11.8 Å². The Morgan fingerprint density at radius 2 is 1.79 bits per heavy atom. The van der Waals surface area contributed by atoms with E-state index in [-0.39, 0.29) is 23.8 Å². The summed E-state index contributed by atoms with van der Waals surface area (Å²) in [6, 6.07) is 7.40. The Morgan fingerprint density at radius 1 is 1.08 bits per heavy atom. The van der Waals surface area contributed by atoms with E-state index in [1.54, 1.807) is 0 Å². The highest BCUT2D eigenvalue weighted by Crippen LogP contribution is 2.32. The molecule has 0 spiro atoms. The molecule has 1 amide bonds. The zero-order valence-electron chi connectivity index (χ0n) is 13.6. The molecule has 6 nitrogen and oxygen atoms in total. The molecule has 0 bridgehead atoms. The molecule has 1 aromatic carbocycles. The summed E-state index contributed by atoms with van der Waals surface area (Å²) in [4.78, 5) is 23.5. The minimum absolute atomic E-state index is 0.0223. The van der Waals surface area contributed by atoms with Gasteiger partial charge in [-0.25, -0.2) is 0 Å². The summed E-state index contributed by atoms with van der Waals surface area (Å²) in [5.74, 6) is -0.611. The molecular weight excluding hydrogens is 310 g/mol. The van der Waals surface area contributed by atoms with Crippen molar-refractivity contribution in [2.45, 2.75) is 38.2 Å². The highest BCUT2D eigenvalue weighted by Gasteiger charge is 2.30. The third kappa shape index (κ3) is 4.06. The summed E-state index contributed by atoms with van der Waals surface area (Å²) in [5.41, 5.74) is 0.662. The quantitative estimate of drug-likeness (QED) is 0.865. The minimum Gasteiger partial charge on any atom is -0.486 e. The zero-order chi connectivity index (χ0) is 16.9. The number of carbonyl (C=O) groups is 2. The maximum atomic E-state index is 12.5. The maximum Gasteiger partial charge on any atom is 0.306 e. The molecule has 2 fully saturated rings. The minimum atomic E-state index is -0.758. The van der Waals surface area contributed by atoms with Gasteiger partial charge >= 0.3 is 5.97 Å². The van der Waals surface area contributed by atoms with Gasteiger partial charge in [0.15, 0.2) is 0 Å². The van der Waals surface area contributed by atoms with Crippen LogP contribution in [-0.4, -0.2) is 36.3 Å². The first-order valence-corrected chi connectivity index (χ1v) is 8.50. The Kier molecular flexibility index (Phi) is 5.35. The van der Waals surface area contributed by atoms with E-state index in [1.165, 1.54) is 0 Å². The van der Waals surface area contributed by atoms with Gasteiger partial charge in [0.2, 0.25) is 5.91 Å². The summed E-state index contributed by atoms with van der Waals surface area (Å²) in [5, 5.41) is 12.0. The number of para-hydroxylation sites is 2. The first-order chi connectivity index (χ1) is 11.6. The molecule has 1 aromatic rings. The number of benzene rings is 1. The lowest BCUT2D eigenvalue weighted by Crippen LogP contribution is -2.29. The Bertz CT molecular complexity index is 589. The average Bonchev–Trinajstić information content (AvgIpc) is 3.10. The van der Waals surface area contributed by atoms with Gasteiger partial charge in [0, 0.05) is 12.3 Å². The summed E-state index contributed by atoms with van der Waals surface area (Å²) >= 11 is 0. The number of nitrogens with one attached hydrogen (secondary N) is 1. The number of hydrogen-bond donors (Lipinski definition) is 2. The van der Waals surface area contributed by atoms with Crippen LogP contribution < -0.4 is 10.1 Å². The first kappa shape index (κ1) is 16.8. The Hall–Kier alpha value is -2.08. The molecule has 0 radical (unpaired) electrons. The van der Waals surface area contributed by atoms with Gasteiger partial charge in [0.25, 0.3) is 0 Å². The van der Waals surface area contributed by atoms with Crippen molar-refractivity contribution in [3.8, 4) is 5.75 Å². The van der Waals surface area contributed by atoms with Gasteiger partial charge in [0.05, 0.1) is 24.8 Å². The molecule has 1 unspecified atom stereocenters. The second kappa shape index (κ2) is 7.66. The lowest BCUT2D eigenvalue weighted by atomic mass is 9.81. The van der Waals surface area contributed by atoms with Gasteiger partial charge in [-0.2, -0.15) is 0 Å². The fourth-order valence-electron chi connectivity index (χ4n) is 3.30. The molecule has 1 saturated carbocycles. The van der Waals surface area contributed by atoms with Crippen LogP contribution in [0.15, 0.2) is 24.3 Å². The average molecular weight is 333 g/mol. The SMILES string of the molecule is O=C(O)C1CCC(C(=O)Nc2ccccc2OC2CCOC2)CC1. The smallest absolute Gasteiger partial charge is 0.306 e. The lowest BCUT2D eigenvalue weighted by molar-refractivity contribution is -0.143. The van der Waals surface area contributed by atoms with Crippen molar-refractivity contribution >= 4 is 17.6 Å². The largest absolute Gasteiger partial charge is 0.486 e. The van der Waals surface area contributed by atoms with E-state index < -0.39 is 5.97 Å². The first-order valence-electron chi connectivity index (χ1n) is 8.50. The maximum absolute atomic E-state index is 12.5. The van der Waals surface area contributed by atoms with Crippen LogP contribution in [0.2, 0.25) is 0 Å². The van der Waals surface area contributed by atoms with Crippen molar-refractivity contribution < 1.29 is 24.2 Å². The molecule has 2 N–H and O–H groups in total. The van der Waals surface area contributed by atoms with Crippen molar-refractivity contribution in [2.75, 3.05) is 18.5 Å². The molecule has 1 saturated heterocycles. The molecule has 1 atom stereocenters. The highest BCUT2D eigenvalue weighted by molar-refractivity contribution is 5.94. The van der Waals surface area contributed by atoms with E-state index in [0.717, 1.165) is 6.42 Å². The monoisotopic (exact) mass is 333 g/mol. The second-order valence-electron chi connectivity index (χ2n) is 6.48. The molecule has 1 aliphatic heterocycles. The predicted molar refractivity (Wildman–Crippen MR) is 88.0 cm³/mol. The third-order valence-electron chi connectivity index (χ3n) is 4.77. The van der Waals surface area contributed by atoms with E-state index in [9.17, 15) is 9.59 Å². The van der Waals surface area contributed by atoms with E-state index in [4.69, 9.17) is 14.6 Å². The topological polar surface area (TPSA) is 84.9 Å². The van der Waals surface area contributed by atoms with Crippen molar-refractivity contribution in [1.82, 2.24) is 0 Å². The van der Waals surface area contributed by atoms with Crippen molar-refractivity contribution in [3.05, 3.63) is 24.3 Å². The molecule has 24 heavy (non-hydrogen) atoms. The number of carboxylic acids is 1. The Balaban J connectivity index is 1.59. The molecular formula is C18H23NO5. The summed E-state index contributed by atoms with van der Waals surface area (Å²) in [6.45, 7) is 1.27. The van der Waals surface area contributed by atoms with Crippen LogP contribution in [-0.2, 0) is 14.3 Å². The van der Waals surface area contributed by atoms with Gasteiger partial charge in [-0.3, -0.25) is 9.59 Å².